The van der Waals surface area contributed by atoms with Gasteiger partial charge in [0.25, 0.3) is 5.91 Å². The van der Waals surface area contributed by atoms with Gasteiger partial charge in [0.1, 0.15) is 11.7 Å². The SMILES string of the molecule is CO[C@@H]1CN(C(=O)c2ccnnc2)C[C@]12C[C@@H](c1ccccc1)CO2. The molecule has 25 heavy (non-hydrogen) atoms. The summed E-state index contributed by atoms with van der Waals surface area (Å²) in [5, 5.41) is 7.53. The van der Waals surface area contributed by atoms with Crippen LogP contribution in [-0.2, 0) is 9.47 Å². The molecular formula is C19H21N3O3. The third-order valence-electron chi connectivity index (χ3n) is 5.27. The Morgan fingerprint density at radius 1 is 1.28 bits per heavy atom. The van der Waals surface area contributed by atoms with Gasteiger partial charge >= 0.3 is 0 Å². The van der Waals surface area contributed by atoms with Gasteiger partial charge in [-0.1, -0.05) is 30.3 Å². The third kappa shape index (κ3) is 2.92. The van der Waals surface area contributed by atoms with Crippen molar-refractivity contribution in [3.8, 4) is 0 Å². The lowest BCUT2D eigenvalue weighted by Gasteiger charge is -2.28. The van der Waals surface area contributed by atoms with Crippen molar-refractivity contribution in [1.29, 1.82) is 0 Å². The quantitative estimate of drug-likeness (QED) is 0.854. The number of rotatable bonds is 3. The molecule has 4 rings (SSSR count). The van der Waals surface area contributed by atoms with Crippen LogP contribution in [0.25, 0.3) is 0 Å². The molecule has 0 radical (unpaired) electrons. The van der Waals surface area contributed by atoms with Crippen LogP contribution in [-0.4, -0.2) is 59.5 Å². The maximum atomic E-state index is 12.7. The first-order valence-corrected chi connectivity index (χ1v) is 8.49. The molecule has 2 aliphatic heterocycles. The first-order valence-electron chi connectivity index (χ1n) is 8.49. The second kappa shape index (κ2) is 6.54. The Hall–Kier alpha value is -2.31. The normalized spacial score (nSPS) is 28.6. The summed E-state index contributed by atoms with van der Waals surface area (Å²) in [5.41, 5.74) is 1.38. The zero-order valence-corrected chi connectivity index (χ0v) is 14.2. The van der Waals surface area contributed by atoms with Crippen molar-refractivity contribution < 1.29 is 14.3 Å². The van der Waals surface area contributed by atoms with Crippen molar-refractivity contribution in [3.63, 3.8) is 0 Å². The molecule has 0 N–H and O–H groups in total. The van der Waals surface area contributed by atoms with E-state index in [1.165, 1.54) is 18.0 Å². The van der Waals surface area contributed by atoms with Crippen LogP contribution in [0.3, 0.4) is 0 Å². The predicted octanol–water partition coefficient (Wildman–Crippen LogP) is 1.89. The number of amides is 1. The van der Waals surface area contributed by atoms with Crippen LogP contribution < -0.4 is 0 Å². The fourth-order valence-electron chi connectivity index (χ4n) is 3.98. The fraction of sp³-hybridized carbons (Fsp3) is 0.421. The molecule has 6 heteroatoms. The topological polar surface area (TPSA) is 64.5 Å². The number of hydrogen-bond acceptors (Lipinski definition) is 5. The summed E-state index contributed by atoms with van der Waals surface area (Å²) in [6.45, 7) is 1.72. The first kappa shape index (κ1) is 16.2. The number of aromatic nitrogens is 2. The smallest absolute Gasteiger partial charge is 0.255 e. The molecule has 2 fully saturated rings. The van der Waals surface area contributed by atoms with Gasteiger partial charge in [-0.2, -0.15) is 10.2 Å². The molecule has 2 aromatic rings. The van der Waals surface area contributed by atoms with Gasteiger partial charge in [0.2, 0.25) is 0 Å². The van der Waals surface area contributed by atoms with E-state index < -0.39 is 5.60 Å². The Morgan fingerprint density at radius 3 is 2.84 bits per heavy atom. The molecule has 6 nitrogen and oxygen atoms in total. The van der Waals surface area contributed by atoms with Crippen LogP contribution in [0, 0.1) is 0 Å². The summed E-state index contributed by atoms with van der Waals surface area (Å²) in [6.07, 6.45) is 3.76. The Bertz CT molecular complexity index is 740. The highest BCUT2D eigenvalue weighted by molar-refractivity contribution is 5.94. The molecule has 0 unspecified atom stereocenters. The lowest BCUT2D eigenvalue weighted by Crippen LogP contribution is -2.42. The molecule has 130 valence electrons. The Kier molecular flexibility index (Phi) is 4.23. The highest BCUT2D eigenvalue weighted by Gasteiger charge is 2.54. The number of ether oxygens (including phenoxy) is 2. The van der Waals surface area contributed by atoms with Gasteiger partial charge in [-0.05, 0) is 18.1 Å². The van der Waals surface area contributed by atoms with Crippen molar-refractivity contribution >= 4 is 5.91 Å². The minimum atomic E-state index is -0.439. The summed E-state index contributed by atoms with van der Waals surface area (Å²) < 4.78 is 11.9. The highest BCUT2D eigenvalue weighted by atomic mass is 16.6. The van der Waals surface area contributed by atoms with E-state index in [-0.39, 0.29) is 12.0 Å². The molecule has 1 spiro atoms. The van der Waals surface area contributed by atoms with Gasteiger partial charge in [-0.15, -0.1) is 0 Å². The number of methoxy groups -OCH3 is 1. The maximum absolute atomic E-state index is 12.7. The monoisotopic (exact) mass is 339 g/mol. The van der Waals surface area contributed by atoms with E-state index in [9.17, 15) is 4.79 Å². The van der Waals surface area contributed by atoms with Gasteiger partial charge in [0.15, 0.2) is 0 Å². The first-order chi connectivity index (χ1) is 12.2. The van der Waals surface area contributed by atoms with Crippen molar-refractivity contribution in [2.45, 2.75) is 24.0 Å². The van der Waals surface area contributed by atoms with Gasteiger partial charge in [-0.3, -0.25) is 4.79 Å². The van der Waals surface area contributed by atoms with Gasteiger partial charge < -0.3 is 14.4 Å². The van der Waals surface area contributed by atoms with Crippen molar-refractivity contribution in [3.05, 3.63) is 59.9 Å². The van der Waals surface area contributed by atoms with E-state index in [0.717, 1.165) is 6.42 Å². The summed E-state index contributed by atoms with van der Waals surface area (Å²) in [5.74, 6) is 0.275. The zero-order chi connectivity index (χ0) is 17.3. The van der Waals surface area contributed by atoms with Crippen molar-refractivity contribution in [2.75, 3.05) is 26.8 Å². The Labute approximate surface area is 146 Å². The second-order valence-corrected chi connectivity index (χ2v) is 6.73. The third-order valence-corrected chi connectivity index (χ3v) is 5.27. The Balaban J connectivity index is 1.53. The maximum Gasteiger partial charge on any atom is 0.255 e. The number of hydrogen-bond donors (Lipinski definition) is 0. The number of carbonyl (C=O) groups excluding carboxylic acids is 1. The van der Waals surface area contributed by atoms with Crippen LogP contribution in [0.2, 0.25) is 0 Å². The summed E-state index contributed by atoms with van der Waals surface area (Å²) in [4.78, 5) is 14.6. The van der Waals surface area contributed by atoms with E-state index in [0.29, 0.717) is 31.2 Å². The van der Waals surface area contributed by atoms with E-state index in [1.807, 2.05) is 6.07 Å². The van der Waals surface area contributed by atoms with E-state index in [4.69, 9.17) is 9.47 Å². The van der Waals surface area contributed by atoms with E-state index in [1.54, 1.807) is 18.1 Å². The zero-order valence-electron chi connectivity index (χ0n) is 14.2. The Morgan fingerprint density at radius 2 is 2.12 bits per heavy atom. The lowest BCUT2D eigenvalue weighted by atomic mass is 9.87. The van der Waals surface area contributed by atoms with Crippen LogP contribution in [0.4, 0.5) is 0 Å². The van der Waals surface area contributed by atoms with Gasteiger partial charge in [0, 0.05) is 13.0 Å². The minimum absolute atomic E-state index is 0.0550. The predicted molar refractivity (Wildman–Crippen MR) is 91.2 cm³/mol. The molecule has 1 aromatic carbocycles. The fourth-order valence-corrected chi connectivity index (χ4v) is 3.98. The average Bonchev–Trinajstić information content (AvgIpc) is 3.27. The summed E-state index contributed by atoms with van der Waals surface area (Å²) in [7, 11) is 1.69. The van der Waals surface area contributed by atoms with Crippen LogP contribution >= 0.6 is 0 Å². The molecule has 0 saturated carbocycles. The largest absolute Gasteiger partial charge is 0.377 e. The van der Waals surface area contributed by atoms with Crippen LogP contribution in [0.15, 0.2) is 48.8 Å². The number of likely N-dealkylation sites (tertiary alicyclic amines) is 1. The number of carbonyl (C=O) groups is 1. The molecule has 0 aliphatic carbocycles. The lowest BCUT2D eigenvalue weighted by molar-refractivity contribution is -0.0755. The molecule has 2 aliphatic rings. The van der Waals surface area contributed by atoms with Gasteiger partial charge in [-0.25, -0.2) is 0 Å². The van der Waals surface area contributed by atoms with E-state index >= 15 is 0 Å². The molecule has 0 bridgehead atoms. The van der Waals surface area contributed by atoms with Crippen LogP contribution in [0.1, 0.15) is 28.3 Å². The molecule has 2 saturated heterocycles. The van der Waals surface area contributed by atoms with Crippen molar-refractivity contribution in [2.24, 2.45) is 0 Å². The highest BCUT2D eigenvalue weighted by Crippen LogP contribution is 2.43. The summed E-state index contributed by atoms with van der Waals surface area (Å²) in [6, 6.07) is 12.1. The average molecular weight is 339 g/mol. The number of nitrogens with zero attached hydrogens (tertiary/aromatic N) is 3. The standard InChI is InChI=1S/C19H21N3O3/c1-24-17-11-22(18(23)15-7-8-20-21-10-15)13-19(17)9-16(12-25-19)14-5-3-2-4-6-14/h2-8,10,16-17H,9,11-13H2,1H3/t16-,17-,19-/m1/s1. The van der Waals surface area contributed by atoms with Gasteiger partial charge in [0.05, 0.1) is 37.7 Å². The molecule has 1 aromatic heterocycles. The number of benzene rings is 1. The van der Waals surface area contributed by atoms with E-state index in [2.05, 4.69) is 34.5 Å². The second-order valence-electron chi connectivity index (χ2n) is 6.73. The minimum Gasteiger partial charge on any atom is -0.377 e. The molecule has 3 heterocycles. The molecular weight excluding hydrogens is 318 g/mol. The molecule has 1 amide bonds. The summed E-state index contributed by atoms with van der Waals surface area (Å²) >= 11 is 0. The van der Waals surface area contributed by atoms with Crippen molar-refractivity contribution in [1.82, 2.24) is 15.1 Å². The molecule has 3 atom stereocenters. The van der Waals surface area contributed by atoms with Crippen LogP contribution in [0.5, 0.6) is 0 Å².